The lowest BCUT2D eigenvalue weighted by atomic mass is 10.00. The lowest BCUT2D eigenvalue weighted by Crippen LogP contribution is -2.56. The van der Waals surface area contributed by atoms with Crippen LogP contribution in [0.3, 0.4) is 0 Å². The number of hydrogen-bond acceptors (Lipinski definition) is 7. The number of aliphatic hydroxyl groups is 1. The van der Waals surface area contributed by atoms with Gasteiger partial charge in [-0.15, -0.1) is 0 Å². The summed E-state index contributed by atoms with van der Waals surface area (Å²) < 4.78 is 0. The van der Waals surface area contributed by atoms with Gasteiger partial charge in [-0.2, -0.15) is 0 Å². The molecule has 3 aromatic carbocycles. The zero-order chi connectivity index (χ0) is 29.2. The second-order valence-corrected chi connectivity index (χ2v) is 9.87. The van der Waals surface area contributed by atoms with Crippen molar-refractivity contribution < 1.29 is 19.5 Å². The highest BCUT2D eigenvalue weighted by Crippen LogP contribution is 2.13. The van der Waals surface area contributed by atoms with E-state index in [0.717, 1.165) is 16.5 Å². The summed E-state index contributed by atoms with van der Waals surface area (Å²) in [6.45, 7) is 0.448. The number of nitrogens with one attached hydrogen (secondary N) is 2. The number of primary amides is 1. The molecule has 1 aromatic heterocycles. The van der Waals surface area contributed by atoms with E-state index in [1.54, 1.807) is 24.3 Å². The quantitative estimate of drug-likeness (QED) is 0.124. The van der Waals surface area contributed by atoms with Crippen LogP contribution in [0.15, 0.2) is 97.1 Å². The minimum absolute atomic E-state index is 0.0561. The van der Waals surface area contributed by atoms with Gasteiger partial charge in [0, 0.05) is 18.5 Å². The number of pyridine rings is 1. The van der Waals surface area contributed by atoms with Gasteiger partial charge in [-0.3, -0.25) is 20.2 Å². The molecule has 0 aliphatic carbocycles. The molecule has 10 heteroatoms. The molecule has 4 aromatic rings. The lowest BCUT2D eigenvalue weighted by Gasteiger charge is -2.29. The Balaban J connectivity index is 1.49. The molecule has 0 radical (unpaired) electrons. The number of carbonyl (C=O) groups is 3. The Hall–Kier alpha value is -4.64. The van der Waals surface area contributed by atoms with Crippen molar-refractivity contribution in [3.05, 3.63) is 114 Å². The molecule has 0 spiro atoms. The average Bonchev–Trinajstić information content (AvgIpc) is 2.96. The number of amides is 3. The Kier molecular flexibility index (Phi) is 10.1. The molecule has 0 saturated carbocycles. The number of fused-ring (bicyclic) bond motifs is 1. The normalized spacial score (nSPS) is 13.3. The molecule has 3 atom stereocenters. The molecule has 41 heavy (non-hydrogen) atoms. The molecule has 0 bridgehead atoms. The number of rotatable bonds is 13. The van der Waals surface area contributed by atoms with E-state index in [4.69, 9.17) is 11.6 Å². The first-order valence-electron chi connectivity index (χ1n) is 13.3. The van der Waals surface area contributed by atoms with Crippen LogP contribution in [0.1, 0.15) is 28.0 Å². The Morgan fingerprint density at radius 2 is 1.46 bits per heavy atom. The molecule has 0 saturated heterocycles. The fraction of sp³-hybridized carbons (Fsp3) is 0.226. The van der Waals surface area contributed by atoms with Crippen molar-refractivity contribution in [1.82, 2.24) is 20.6 Å². The van der Waals surface area contributed by atoms with Crippen molar-refractivity contribution in [2.24, 2.45) is 11.6 Å². The molecule has 0 aliphatic rings. The van der Waals surface area contributed by atoms with Crippen LogP contribution in [0.5, 0.6) is 0 Å². The van der Waals surface area contributed by atoms with Crippen LogP contribution in [0.4, 0.5) is 0 Å². The topological polar surface area (TPSA) is 164 Å². The molecular weight excluding hydrogens is 520 g/mol. The molecule has 3 amide bonds. The second-order valence-electron chi connectivity index (χ2n) is 9.87. The number of hydrazine groups is 1. The maximum atomic E-state index is 13.4. The van der Waals surface area contributed by atoms with Crippen molar-refractivity contribution >= 4 is 28.6 Å². The van der Waals surface area contributed by atoms with Gasteiger partial charge in [0.15, 0.2) is 0 Å². The van der Waals surface area contributed by atoms with E-state index in [-0.39, 0.29) is 18.7 Å². The molecule has 7 N–H and O–H groups in total. The Labute approximate surface area is 238 Å². The van der Waals surface area contributed by atoms with Crippen LogP contribution in [-0.4, -0.2) is 57.6 Å². The van der Waals surface area contributed by atoms with Crippen LogP contribution in [0.25, 0.3) is 10.9 Å². The first-order valence-corrected chi connectivity index (χ1v) is 13.3. The zero-order valence-electron chi connectivity index (χ0n) is 22.5. The number of hydrogen-bond donors (Lipinski definition) is 5. The van der Waals surface area contributed by atoms with Gasteiger partial charge < -0.3 is 21.5 Å². The van der Waals surface area contributed by atoms with Gasteiger partial charge in [-0.25, -0.2) is 9.99 Å². The SMILES string of the molecule is NC(=O)C[C@H](NC(=O)c1ccc2ccccc2n1)C(=O)NC(Cc1ccccc1)C(O)CN(N)Cc1ccccc1. The largest absolute Gasteiger partial charge is 0.390 e. The van der Waals surface area contributed by atoms with E-state index in [9.17, 15) is 19.5 Å². The molecule has 212 valence electrons. The summed E-state index contributed by atoms with van der Waals surface area (Å²) in [5, 5.41) is 18.9. The van der Waals surface area contributed by atoms with E-state index >= 15 is 0 Å². The number of nitrogens with zero attached hydrogens (tertiary/aromatic N) is 2. The summed E-state index contributed by atoms with van der Waals surface area (Å²) in [6, 6.07) is 27.5. The fourth-order valence-electron chi connectivity index (χ4n) is 4.52. The van der Waals surface area contributed by atoms with Gasteiger partial charge >= 0.3 is 0 Å². The maximum Gasteiger partial charge on any atom is 0.270 e. The van der Waals surface area contributed by atoms with E-state index in [2.05, 4.69) is 15.6 Å². The number of para-hydroxylation sites is 1. The van der Waals surface area contributed by atoms with Gasteiger partial charge in [-0.05, 0) is 29.7 Å². The minimum atomic E-state index is -1.28. The Morgan fingerprint density at radius 3 is 2.15 bits per heavy atom. The van der Waals surface area contributed by atoms with Crippen LogP contribution in [-0.2, 0) is 22.6 Å². The smallest absolute Gasteiger partial charge is 0.270 e. The fourth-order valence-corrected chi connectivity index (χ4v) is 4.52. The lowest BCUT2D eigenvalue weighted by molar-refractivity contribution is -0.128. The summed E-state index contributed by atoms with van der Waals surface area (Å²) in [5.41, 5.74) is 7.96. The van der Waals surface area contributed by atoms with E-state index in [1.807, 2.05) is 72.8 Å². The highest BCUT2D eigenvalue weighted by atomic mass is 16.3. The molecule has 0 fully saturated rings. The maximum absolute atomic E-state index is 13.4. The summed E-state index contributed by atoms with van der Waals surface area (Å²) in [4.78, 5) is 42.7. The van der Waals surface area contributed by atoms with Crippen molar-refractivity contribution in [1.29, 1.82) is 0 Å². The highest BCUT2D eigenvalue weighted by Gasteiger charge is 2.29. The number of carbonyl (C=O) groups excluding carboxylic acids is 3. The second kappa shape index (κ2) is 14.1. The van der Waals surface area contributed by atoms with Crippen LogP contribution in [0.2, 0.25) is 0 Å². The number of benzene rings is 3. The average molecular weight is 555 g/mol. The summed E-state index contributed by atoms with van der Waals surface area (Å²) in [7, 11) is 0. The van der Waals surface area contributed by atoms with Crippen LogP contribution >= 0.6 is 0 Å². The van der Waals surface area contributed by atoms with Gasteiger partial charge in [0.1, 0.15) is 11.7 Å². The predicted octanol–water partition coefficient (Wildman–Crippen LogP) is 1.67. The number of nitrogens with two attached hydrogens (primary N) is 2. The van der Waals surface area contributed by atoms with E-state index < -0.39 is 42.3 Å². The number of aliphatic hydroxyl groups excluding tert-OH is 1. The van der Waals surface area contributed by atoms with Gasteiger partial charge in [0.25, 0.3) is 5.91 Å². The molecular formula is C31H34N6O4. The molecule has 0 aliphatic heterocycles. The van der Waals surface area contributed by atoms with Gasteiger partial charge in [-0.1, -0.05) is 84.9 Å². The molecule has 2 unspecified atom stereocenters. The monoisotopic (exact) mass is 554 g/mol. The van der Waals surface area contributed by atoms with Crippen LogP contribution in [0, 0.1) is 0 Å². The third-order valence-electron chi connectivity index (χ3n) is 6.60. The molecule has 1 heterocycles. The summed E-state index contributed by atoms with van der Waals surface area (Å²) in [6.07, 6.45) is -1.22. The molecule has 10 nitrogen and oxygen atoms in total. The standard InChI is InChI=1S/C31H34N6O4/c32-29(39)18-27(36-30(40)25-16-15-23-13-7-8-14-24(23)34-25)31(41)35-26(17-21-9-3-1-4-10-21)28(38)20-37(33)19-22-11-5-2-6-12-22/h1-16,26-28,38H,17-20,33H2,(H2,32,39)(H,35,41)(H,36,40)/t26?,27-,28?/m0/s1. The molecule has 4 rings (SSSR count). The first-order chi connectivity index (χ1) is 19.8. The number of aromatic nitrogens is 1. The Morgan fingerprint density at radius 1 is 0.829 bits per heavy atom. The zero-order valence-corrected chi connectivity index (χ0v) is 22.5. The Bertz CT molecular complexity index is 1470. The van der Waals surface area contributed by atoms with Crippen molar-refractivity contribution in [2.75, 3.05) is 6.54 Å². The van der Waals surface area contributed by atoms with Gasteiger partial charge in [0.05, 0.1) is 24.1 Å². The third-order valence-corrected chi connectivity index (χ3v) is 6.60. The van der Waals surface area contributed by atoms with Crippen molar-refractivity contribution in [3.63, 3.8) is 0 Å². The minimum Gasteiger partial charge on any atom is -0.390 e. The van der Waals surface area contributed by atoms with E-state index in [0.29, 0.717) is 12.1 Å². The van der Waals surface area contributed by atoms with Crippen molar-refractivity contribution in [2.45, 2.75) is 37.6 Å². The summed E-state index contributed by atoms with van der Waals surface area (Å²) >= 11 is 0. The summed E-state index contributed by atoms with van der Waals surface area (Å²) in [5.74, 6) is 4.14. The van der Waals surface area contributed by atoms with Crippen LogP contribution < -0.4 is 22.2 Å². The first kappa shape index (κ1) is 29.3. The van der Waals surface area contributed by atoms with Crippen molar-refractivity contribution in [3.8, 4) is 0 Å². The van der Waals surface area contributed by atoms with E-state index in [1.165, 1.54) is 5.01 Å². The third kappa shape index (κ3) is 8.67. The predicted molar refractivity (Wildman–Crippen MR) is 156 cm³/mol. The van der Waals surface area contributed by atoms with Gasteiger partial charge in [0.2, 0.25) is 11.8 Å². The highest BCUT2D eigenvalue weighted by molar-refractivity contribution is 5.99.